The number of fused-ring (bicyclic) bond motifs is 19. The molecule has 590 valence electrons. The molecule has 0 bridgehead atoms. The lowest BCUT2D eigenvalue weighted by Gasteiger charge is -2.23. The van der Waals surface area contributed by atoms with Crippen molar-refractivity contribution in [3.05, 3.63) is 470 Å². The van der Waals surface area contributed by atoms with Gasteiger partial charge >= 0.3 is 0 Å². The Morgan fingerprint density at radius 3 is 0.896 bits per heavy atom. The molecule has 0 aliphatic heterocycles. The number of hydrogen-bond acceptors (Lipinski definition) is 0. The molecule has 0 spiro atoms. The third-order valence-electron chi connectivity index (χ3n) is 27.9. The van der Waals surface area contributed by atoms with Gasteiger partial charge in [-0.15, -0.1) is 0 Å². The second-order valence-electron chi connectivity index (χ2n) is 36.2. The fourth-order valence-electron chi connectivity index (χ4n) is 21.3. The van der Waals surface area contributed by atoms with Gasteiger partial charge in [-0.25, -0.2) is 0 Å². The molecule has 0 atom stereocenters. The van der Waals surface area contributed by atoms with E-state index in [4.69, 9.17) is 0 Å². The number of hydrogen-bond donors (Lipinski definition) is 0. The van der Waals surface area contributed by atoms with Gasteiger partial charge in [0.1, 0.15) is 0 Å². The van der Waals surface area contributed by atoms with Crippen LogP contribution in [0.1, 0.15) is 74.9 Å². The van der Waals surface area contributed by atoms with E-state index in [9.17, 15) is 0 Å². The molecular weight excluding hydrogens is 1500 g/mol. The summed E-state index contributed by atoms with van der Waals surface area (Å²) in [4.78, 5) is 0. The van der Waals surface area contributed by atoms with Crippen LogP contribution < -0.4 is 0 Å². The minimum Gasteiger partial charge on any atom is -0.0622 e. The Kier molecular flexibility index (Phi) is 17.8. The molecule has 0 saturated heterocycles. The average molecular weight is 1590 g/mol. The topological polar surface area (TPSA) is 0 Å². The molecular formula is C125H90. The van der Waals surface area contributed by atoms with E-state index in [0.29, 0.717) is 0 Å². The normalized spacial score (nSPS) is 13.4. The Morgan fingerprint density at radius 2 is 0.392 bits per heavy atom. The van der Waals surface area contributed by atoms with Crippen molar-refractivity contribution in [3.63, 3.8) is 0 Å². The predicted molar refractivity (Wildman–Crippen MR) is 536 cm³/mol. The quantitative estimate of drug-likeness (QED) is 0.142. The molecule has 22 aromatic rings. The monoisotopic (exact) mass is 1590 g/mol. The summed E-state index contributed by atoms with van der Waals surface area (Å²) in [5.41, 5.74) is 36.8. The van der Waals surface area contributed by atoms with Crippen molar-refractivity contribution in [3.8, 4) is 122 Å². The molecule has 0 fully saturated rings. The molecule has 0 N–H and O–H groups in total. The molecule has 25 rings (SSSR count). The van der Waals surface area contributed by atoms with E-state index in [1.54, 1.807) is 0 Å². The zero-order valence-electron chi connectivity index (χ0n) is 71.1. The number of benzene rings is 22. The molecule has 0 radical (unpaired) electrons. The Hall–Kier alpha value is -15.1. The summed E-state index contributed by atoms with van der Waals surface area (Å²) in [5, 5.41) is 20.5. The SMILES string of the molecule is CC1(C)c2ccccc2-c2c1cc(-c1cc(-c3ccc4ccc(-c5ccccc5)cc4c3)cc3ccccc13)c1ccccc21.CC1(C)c2ccccc2-c2c1cc(-c1ccc3cc(-c4ccc5ccccc5c4)ccc3c1)c1ccccc21.CC1(C)c2ccccc2-c2ccc(-c3cc(-c4ccc5ccc(-c6ccccc6)cc5c4)cc4ccccc34)cc21. The number of rotatable bonds is 8. The van der Waals surface area contributed by atoms with Crippen LogP contribution in [0, 0.1) is 0 Å². The third kappa shape index (κ3) is 12.7. The molecule has 0 nitrogen and oxygen atoms in total. The van der Waals surface area contributed by atoms with Crippen molar-refractivity contribution in [1.29, 1.82) is 0 Å². The molecule has 0 heteroatoms. The van der Waals surface area contributed by atoms with Gasteiger partial charge in [-0.05, 0) is 327 Å². The largest absolute Gasteiger partial charge is 0.0622 e. The summed E-state index contributed by atoms with van der Waals surface area (Å²) in [6.45, 7) is 14.2. The summed E-state index contributed by atoms with van der Waals surface area (Å²) in [6, 6.07) is 162. The summed E-state index contributed by atoms with van der Waals surface area (Å²) >= 11 is 0. The fraction of sp³-hybridized carbons (Fsp3) is 0.0720. The van der Waals surface area contributed by atoms with Crippen LogP contribution >= 0.6 is 0 Å². The standard InChI is InChI=1S/C45H32.C41H30.C39H28/c1-45(2)42-19-11-10-18-39(42)44-38-17-9-8-16-37(38)41(28-43(44)45)40-27-35(26-33-14-6-7-15-36(33)40)32-23-21-30-20-22-31(24-34(30)25-32)29-12-4-3-5-13-29;1-41(2)39-15-9-8-14-36(39)37-21-20-32(26-40(37)41)38-25-34(24-31-12-6-7-13-35(31)38)30-19-17-28-16-18-29(22-33(28)23-30)27-10-4-3-5-11-27;1-39(2)36-14-8-7-13-34(36)38-33-12-6-5-11-32(33)35(24-37(38)39)31-20-19-29-22-28(17-18-30(29)23-31)27-16-15-25-9-3-4-10-26(25)21-27/h3-28H,1-2H3;3-26H,1-2H3;3-24H,1-2H3. The summed E-state index contributed by atoms with van der Waals surface area (Å²) < 4.78 is 0. The van der Waals surface area contributed by atoms with Gasteiger partial charge in [-0.3, -0.25) is 0 Å². The van der Waals surface area contributed by atoms with Gasteiger partial charge in [-0.1, -0.05) is 393 Å². The predicted octanol–water partition coefficient (Wildman–Crippen LogP) is 34.5. The lowest BCUT2D eigenvalue weighted by molar-refractivity contribution is 0.660. The zero-order valence-corrected chi connectivity index (χ0v) is 71.1. The minimum absolute atomic E-state index is 0.0237. The highest BCUT2D eigenvalue weighted by Gasteiger charge is 2.40. The van der Waals surface area contributed by atoms with Gasteiger partial charge in [0, 0.05) is 16.2 Å². The Bertz CT molecular complexity index is 8170. The first kappa shape index (κ1) is 74.9. The lowest BCUT2D eigenvalue weighted by Crippen LogP contribution is -2.15. The van der Waals surface area contributed by atoms with Crippen LogP contribution in [0.5, 0.6) is 0 Å². The van der Waals surface area contributed by atoms with Crippen molar-refractivity contribution < 1.29 is 0 Å². The third-order valence-corrected chi connectivity index (χ3v) is 27.9. The van der Waals surface area contributed by atoms with Crippen molar-refractivity contribution in [2.24, 2.45) is 0 Å². The highest BCUT2D eigenvalue weighted by molar-refractivity contribution is 6.15. The molecule has 0 amide bonds. The van der Waals surface area contributed by atoms with Crippen molar-refractivity contribution in [1.82, 2.24) is 0 Å². The maximum atomic E-state index is 2.50. The van der Waals surface area contributed by atoms with E-state index in [0.717, 1.165) is 0 Å². The van der Waals surface area contributed by atoms with Crippen LogP contribution in [-0.2, 0) is 16.2 Å². The zero-order chi connectivity index (χ0) is 83.8. The maximum Gasteiger partial charge on any atom is 0.0159 e. The lowest BCUT2D eigenvalue weighted by atomic mass is 9.80. The summed E-state index contributed by atoms with van der Waals surface area (Å²) in [7, 11) is 0. The Labute approximate surface area is 731 Å². The average Bonchev–Trinajstić information content (AvgIpc) is 1.57. The molecule has 125 heavy (non-hydrogen) atoms. The molecule has 22 aromatic carbocycles. The van der Waals surface area contributed by atoms with Gasteiger partial charge in [0.2, 0.25) is 0 Å². The van der Waals surface area contributed by atoms with Gasteiger partial charge in [0.05, 0.1) is 0 Å². The first-order valence-electron chi connectivity index (χ1n) is 44.1. The Balaban J connectivity index is 0.000000108. The Morgan fingerprint density at radius 1 is 0.120 bits per heavy atom. The van der Waals surface area contributed by atoms with Gasteiger partial charge in [0.15, 0.2) is 0 Å². The van der Waals surface area contributed by atoms with Gasteiger partial charge in [-0.2, -0.15) is 0 Å². The van der Waals surface area contributed by atoms with Gasteiger partial charge in [0.25, 0.3) is 0 Å². The smallest absolute Gasteiger partial charge is 0.0159 e. The van der Waals surface area contributed by atoms with Crippen LogP contribution in [0.3, 0.4) is 0 Å². The first-order valence-corrected chi connectivity index (χ1v) is 44.1. The highest BCUT2D eigenvalue weighted by Crippen LogP contribution is 2.57. The molecule has 0 aromatic heterocycles. The van der Waals surface area contributed by atoms with Crippen LogP contribution in [0.2, 0.25) is 0 Å². The molecule has 3 aliphatic carbocycles. The van der Waals surface area contributed by atoms with Crippen LogP contribution in [0.15, 0.2) is 437 Å². The van der Waals surface area contributed by atoms with E-state index < -0.39 is 0 Å². The van der Waals surface area contributed by atoms with Gasteiger partial charge < -0.3 is 0 Å². The van der Waals surface area contributed by atoms with Crippen molar-refractivity contribution in [2.45, 2.75) is 57.8 Å². The fourth-order valence-corrected chi connectivity index (χ4v) is 21.3. The summed E-state index contributed by atoms with van der Waals surface area (Å²) in [5.74, 6) is 0. The molecule has 0 heterocycles. The summed E-state index contributed by atoms with van der Waals surface area (Å²) in [6.07, 6.45) is 0. The van der Waals surface area contributed by atoms with Crippen molar-refractivity contribution >= 4 is 86.2 Å². The first-order chi connectivity index (χ1) is 61.2. The maximum absolute atomic E-state index is 2.50. The van der Waals surface area contributed by atoms with Crippen LogP contribution in [0.4, 0.5) is 0 Å². The van der Waals surface area contributed by atoms with E-state index in [-0.39, 0.29) is 16.2 Å². The molecule has 3 aliphatic rings. The van der Waals surface area contributed by atoms with E-state index in [1.807, 2.05) is 0 Å². The highest BCUT2D eigenvalue weighted by atomic mass is 14.4. The van der Waals surface area contributed by atoms with E-state index in [2.05, 4.69) is 478 Å². The van der Waals surface area contributed by atoms with Crippen molar-refractivity contribution in [2.75, 3.05) is 0 Å². The second-order valence-corrected chi connectivity index (χ2v) is 36.2. The molecule has 0 saturated carbocycles. The van der Waals surface area contributed by atoms with E-state index in [1.165, 1.54) is 242 Å². The molecule has 0 unspecified atom stereocenters. The second kappa shape index (κ2) is 29.6. The van der Waals surface area contributed by atoms with E-state index >= 15 is 0 Å². The minimum atomic E-state index is -0.0765. The van der Waals surface area contributed by atoms with Crippen LogP contribution in [-0.4, -0.2) is 0 Å². The van der Waals surface area contributed by atoms with Crippen LogP contribution in [0.25, 0.3) is 209 Å².